The van der Waals surface area contributed by atoms with Gasteiger partial charge in [0.15, 0.2) is 0 Å². The molecule has 0 bridgehead atoms. The van der Waals surface area contributed by atoms with E-state index in [0.29, 0.717) is 5.69 Å². The molecule has 1 fully saturated rings. The van der Waals surface area contributed by atoms with Gasteiger partial charge in [-0.05, 0) is 31.5 Å². The number of carbonyl (C=O) groups is 3. The molecule has 0 saturated carbocycles. The van der Waals surface area contributed by atoms with E-state index in [1.54, 1.807) is 24.1 Å². The molecule has 0 aromatic heterocycles. The molecule has 0 radical (unpaired) electrons. The zero-order valence-electron chi connectivity index (χ0n) is 14.0. The molecule has 2 rings (SSSR count). The Morgan fingerprint density at radius 2 is 1.65 bits per heavy atom. The number of rotatable bonds is 3. The SMILES string of the molecule is CC(=O)Nc1ccc(C2N(C)C(=O)N(C)C(=O)N2C(C)C)cc1. The Morgan fingerprint density at radius 3 is 2.13 bits per heavy atom. The number of carbonyl (C=O) groups excluding carboxylic acids is 3. The zero-order valence-corrected chi connectivity index (χ0v) is 14.0. The lowest BCUT2D eigenvalue weighted by Gasteiger charge is -2.46. The van der Waals surface area contributed by atoms with Crippen molar-refractivity contribution < 1.29 is 14.4 Å². The minimum atomic E-state index is -0.474. The fourth-order valence-corrected chi connectivity index (χ4v) is 2.72. The van der Waals surface area contributed by atoms with Crippen LogP contribution < -0.4 is 5.32 Å². The molecule has 1 aromatic carbocycles. The zero-order chi connectivity index (χ0) is 17.3. The van der Waals surface area contributed by atoms with Gasteiger partial charge in [0, 0.05) is 32.7 Å². The Kier molecular flexibility index (Phi) is 4.58. The van der Waals surface area contributed by atoms with Crippen molar-refractivity contribution in [2.24, 2.45) is 0 Å². The summed E-state index contributed by atoms with van der Waals surface area (Å²) in [7, 11) is 3.15. The molecular weight excluding hydrogens is 296 g/mol. The third kappa shape index (κ3) is 3.13. The third-order valence-electron chi connectivity index (χ3n) is 3.81. The monoisotopic (exact) mass is 318 g/mol. The van der Waals surface area contributed by atoms with Crippen LogP contribution in [0.3, 0.4) is 0 Å². The molecule has 5 amide bonds. The van der Waals surface area contributed by atoms with Gasteiger partial charge in [-0.1, -0.05) is 12.1 Å². The number of urea groups is 2. The maximum atomic E-state index is 12.5. The predicted octanol–water partition coefficient (Wildman–Crippen LogP) is 2.47. The first kappa shape index (κ1) is 16.8. The van der Waals surface area contributed by atoms with Gasteiger partial charge in [0.1, 0.15) is 6.17 Å². The molecule has 1 aliphatic rings. The fraction of sp³-hybridized carbons (Fsp3) is 0.438. The maximum Gasteiger partial charge on any atom is 0.330 e. The molecule has 0 aliphatic carbocycles. The molecule has 1 unspecified atom stereocenters. The van der Waals surface area contributed by atoms with Gasteiger partial charge in [0.05, 0.1) is 0 Å². The number of benzene rings is 1. The van der Waals surface area contributed by atoms with Crippen LogP contribution in [0.1, 0.15) is 32.5 Å². The van der Waals surface area contributed by atoms with Gasteiger partial charge in [-0.15, -0.1) is 0 Å². The second kappa shape index (κ2) is 6.28. The molecule has 23 heavy (non-hydrogen) atoms. The van der Waals surface area contributed by atoms with Crippen LogP contribution in [0.25, 0.3) is 0 Å². The highest BCUT2D eigenvalue weighted by molar-refractivity contribution is 5.96. The van der Waals surface area contributed by atoms with E-state index >= 15 is 0 Å². The molecule has 1 N–H and O–H groups in total. The Hall–Kier alpha value is -2.57. The minimum absolute atomic E-state index is 0.0690. The Labute approximate surface area is 135 Å². The highest BCUT2D eigenvalue weighted by Gasteiger charge is 2.42. The number of nitrogens with one attached hydrogen (secondary N) is 1. The molecule has 124 valence electrons. The molecule has 1 aliphatic heterocycles. The first-order valence-corrected chi connectivity index (χ1v) is 7.44. The Morgan fingerprint density at radius 1 is 1.09 bits per heavy atom. The van der Waals surface area contributed by atoms with Crippen LogP contribution in [0.2, 0.25) is 0 Å². The molecule has 7 nitrogen and oxygen atoms in total. The van der Waals surface area contributed by atoms with Crippen LogP contribution in [0, 0.1) is 0 Å². The van der Waals surface area contributed by atoms with E-state index in [-0.39, 0.29) is 24.0 Å². The summed E-state index contributed by atoms with van der Waals surface area (Å²) >= 11 is 0. The third-order valence-corrected chi connectivity index (χ3v) is 3.81. The summed E-state index contributed by atoms with van der Waals surface area (Å²) in [5.41, 5.74) is 1.48. The van der Waals surface area contributed by atoms with E-state index < -0.39 is 6.17 Å². The molecule has 0 spiro atoms. The summed E-state index contributed by atoms with van der Waals surface area (Å²) in [5.74, 6) is -0.150. The minimum Gasteiger partial charge on any atom is -0.326 e. The Balaban J connectivity index is 2.38. The van der Waals surface area contributed by atoms with Crippen LogP contribution in [0.4, 0.5) is 15.3 Å². The van der Waals surface area contributed by atoms with Crippen molar-refractivity contribution in [3.8, 4) is 0 Å². The summed E-state index contributed by atoms with van der Waals surface area (Å²) in [5, 5.41) is 2.70. The lowest BCUT2D eigenvalue weighted by Crippen LogP contribution is -2.61. The van der Waals surface area contributed by atoms with Crippen molar-refractivity contribution in [1.82, 2.24) is 14.7 Å². The topological polar surface area (TPSA) is 73.0 Å². The van der Waals surface area contributed by atoms with Crippen molar-refractivity contribution in [2.45, 2.75) is 33.0 Å². The smallest absolute Gasteiger partial charge is 0.326 e. The molecular formula is C16H22N4O3. The number of hydrogen-bond acceptors (Lipinski definition) is 3. The normalized spacial score (nSPS) is 18.7. The summed E-state index contributed by atoms with van der Waals surface area (Å²) in [4.78, 5) is 40.1. The summed E-state index contributed by atoms with van der Waals surface area (Å²) in [6.07, 6.45) is -0.474. The molecule has 1 aromatic rings. The lowest BCUT2D eigenvalue weighted by molar-refractivity contribution is -0.114. The van der Waals surface area contributed by atoms with E-state index in [0.717, 1.165) is 10.5 Å². The number of imide groups is 1. The molecule has 7 heteroatoms. The number of hydrogen-bond donors (Lipinski definition) is 1. The van der Waals surface area contributed by atoms with Gasteiger partial charge in [-0.2, -0.15) is 0 Å². The molecule has 1 saturated heterocycles. The van der Waals surface area contributed by atoms with Crippen LogP contribution >= 0.6 is 0 Å². The summed E-state index contributed by atoms with van der Waals surface area (Å²) in [6.45, 7) is 5.26. The number of amides is 5. The van der Waals surface area contributed by atoms with Crippen LogP contribution in [-0.2, 0) is 4.79 Å². The Bertz CT molecular complexity index is 627. The summed E-state index contributed by atoms with van der Waals surface area (Å²) < 4.78 is 0. The van der Waals surface area contributed by atoms with E-state index in [1.165, 1.54) is 18.9 Å². The van der Waals surface area contributed by atoms with Crippen LogP contribution in [0.15, 0.2) is 24.3 Å². The standard InChI is InChI=1S/C16H22N4O3/c1-10(2)20-14(18(4)15(22)19(5)16(20)23)12-6-8-13(9-7-12)17-11(3)21/h6-10,14H,1-5H3,(H,17,21). The van der Waals surface area contributed by atoms with E-state index in [1.807, 2.05) is 26.0 Å². The number of anilines is 1. The van der Waals surface area contributed by atoms with E-state index in [4.69, 9.17) is 0 Å². The van der Waals surface area contributed by atoms with E-state index in [9.17, 15) is 14.4 Å². The molecule has 1 atom stereocenters. The first-order chi connectivity index (χ1) is 10.7. The van der Waals surface area contributed by atoms with Gasteiger partial charge in [-0.25, -0.2) is 14.5 Å². The quantitative estimate of drug-likeness (QED) is 0.930. The average Bonchev–Trinajstić information content (AvgIpc) is 2.48. The largest absolute Gasteiger partial charge is 0.330 e. The number of nitrogens with zero attached hydrogens (tertiary/aromatic N) is 3. The highest BCUT2D eigenvalue weighted by Crippen LogP contribution is 2.32. The highest BCUT2D eigenvalue weighted by atomic mass is 16.2. The lowest BCUT2D eigenvalue weighted by atomic mass is 10.1. The van der Waals surface area contributed by atoms with Crippen molar-refractivity contribution in [3.63, 3.8) is 0 Å². The van der Waals surface area contributed by atoms with Crippen LogP contribution in [-0.4, -0.2) is 52.8 Å². The average molecular weight is 318 g/mol. The van der Waals surface area contributed by atoms with Gasteiger partial charge in [-0.3, -0.25) is 9.69 Å². The van der Waals surface area contributed by atoms with Crippen molar-refractivity contribution >= 4 is 23.7 Å². The predicted molar refractivity (Wildman–Crippen MR) is 86.8 cm³/mol. The second-order valence-electron chi connectivity index (χ2n) is 5.91. The van der Waals surface area contributed by atoms with Crippen molar-refractivity contribution in [2.75, 3.05) is 19.4 Å². The van der Waals surface area contributed by atoms with Gasteiger partial charge in [0.2, 0.25) is 5.91 Å². The molecule has 1 heterocycles. The van der Waals surface area contributed by atoms with Gasteiger partial charge >= 0.3 is 12.1 Å². The van der Waals surface area contributed by atoms with Gasteiger partial charge < -0.3 is 10.2 Å². The summed E-state index contributed by atoms with van der Waals surface area (Å²) in [6, 6.07) is 6.41. The van der Waals surface area contributed by atoms with Crippen molar-refractivity contribution in [1.29, 1.82) is 0 Å². The second-order valence-corrected chi connectivity index (χ2v) is 5.91. The van der Waals surface area contributed by atoms with Gasteiger partial charge in [0.25, 0.3) is 0 Å². The maximum absolute atomic E-state index is 12.5. The van der Waals surface area contributed by atoms with E-state index in [2.05, 4.69) is 5.32 Å². The van der Waals surface area contributed by atoms with Crippen molar-refractivity contribution in [3.05, 3.63) is 29.8 Å². The fourth-order valence-electron chi connectivity index (χ4n) is 2.72. The van der Waals surface area contributed by atoms with Crippen LogP contribution in [0.5, 0.6) is 0 Å². The first-order valence-electron chi connectivity index (χ1n) is 7.44.